The number of nitrogens with zero attached hydrogens (tertiary/aromatic N) is 2. The smallest absolute Gasteiger partial charge is 0.120 e. The molecule has 2 aromatic rings. The zero-order chi connectivity index (χ0) is 14.8. The summed E-state index contributed by atoms with van der Waals surface area (Å²) in [5.74, 6) is 0. The fraction of sp³-hybridized carbons (Fsp3) is 0.222. The number of aldehydes is 1. The number of rotatable bonds is 8. The summed E-state index contributed by atoms with van der Waals surface area (Å²) in [4.78, 5) is 10.4. The van der Waals surface area contributed by atoms with Crippen LogP contribution < -0.4 is 0 Å². The number of carbonyl (C=O) groups excluding carboxylic acids is 1. The molecule has 108 valence electrons. The Hall–Kier alpha value is -2.42. The maximum atomic E-state index is 10.4. The first-order valence-corrected chi connectivity index (χ1v) is 7.17. The van der Waals surface area contributed by atoms with Gasteiger partial charge in [0.25, 0.3) is 0 Å². The van der Waals surface area contributed by atoms with Crippen molar-refractivity contribution in [1.29, 1.82) is 0 Å². The van der Waals surface area contributed by atoms with Crippen molar-refractivity contribution in [1.82, 2.24) is 5.01 Å². The predicted molar refractivity (Wildman–Crippen MR) is 85.9 cm³/mol. The van der Waals surface area contributed by atoms with E-state index >= 15 is 0 Å². The summed E-state index contributed by atoms with van der Waals surface area (Å²) in [7, 11) is 0. The molecule has 0 saturated heterocycles. The van der Waals surface area contributed by atoms with Gasteiger partial charge in [0.2, 0.25) is 0 Å². The number of carbonyl (C=O) groups is 1. The molecular formula is C18H20N2O. The van der Waals surface area contributed by atoms with Crippen LogP contribution in [-0.4, -0.2) is 17.5 Å². The van der Waals surface area contributed by atoms with Crippen LogP contribution in [0.1, 0.15) is 24.0 Å². The molecule has 0 aliphatic carbocycles. The van der Waals surface area contributed by atoms with E-state index in [0.29, 0.717) is 12.8 Å². The third kappa shape index (κ3) is 5.61. The van der Waals surface area contributed by atoms with Crippen molar-refractivity contribution in [2.45, 2.75) is 25.9 Å². The highest BCUT2D eigenvalue weighted by atomic mass is 16.1. The Kier molecular flexibility index (Phi) is 6.20. The molecule has 21 heavy (non-hydrogen) atoms. The molecule has 0 amide bonds. The van der Waals surface area contributed by atoms with Crippen molar-refractivity contribution in [3.63, 3.8) is 0 Å². The van der Waals surface area contributed by atoms with Crippen molar-refractivity contribution >= 4 is 12.5 Å². The SMILES string of the molecule is O=CCCC=NN(Cc1ccccc1)Cc1ccccc1. The lowest BCUT2D eigenvalue weighted by Crippen LogP contribution is -2.16. The monoisotopic (exact) mass is 280 g/mol. The summed E-state index contributed by atoms with van der Waals surface area (Å²) in [6, 6.07) is 20.5. The fourth-order valence-electron chi connectivity index (χ4n) is 2.04. The van der Waals surface area contributed by atoms with Crippen molar-refractivity contribution in [3.05, 3.63) is 71.8 Å². The highest BCUT2D eigenvalue weighted by Crippen LogP contribution is 2.10. The van der Waals surface area contributed by atoms with E-state index in [4.69, 9.17) is 0 Å². The summed E-state index contributed by atoms with van der Waals surface area (Å²) in [6.07, 6.45) is 3.95. The summed E-state index contributed by atoms with van der Waals surface area (Å²) in [6.45, 7) is 1.51. The largest absolute Gasteiger partial charge is 0.303 e. The normalized spacial score (nSPS) is 10.7. The Morgan fingerprint density at radius 1 is 0.810 bits per heavy atom. The van der Waals surface area contributed by atoms with Gasteiger partial charge in [0.05, 0.1) is 13.1 Å². The highest BCUT2D eigenvalue weighted by Gasteiger charge is 2.03. The van der Waals surface area contributed by atoms with E-state index in [1.54, 1.807) is 0 Å². The molecule has 0 fully saturated rings. The van der Waals surface area contributed by atoms with Crippen LogP contribution >= 0.6 is 0 Å². The first kappa shape index (κ1) is 15.0. The standard InChI is InChI=1S/C18H20N2O/c21-14-8-7-13-19-20(15-17-9-3-1-4-10-17)16-18-11-5-2-6-12-18/h1-6,9-14H,7-8,15-16H2. The van der Waals surface area contributed by atoms with Gasteiger partial charge in [-0.25, -0.2) is 0 Å². The molecule has 0 heterocycles. The highest BCUT2D eigenvalue weighted by molar-refractivity contribution is 5.62. The van der Waals surface area contributed by atoms with Gasteiger partial charge >= 0.3 is 0 Å². The van der Waals surface area contributed by atoms with Gasteiger partial charge < -0.3 is 4.79 Å². The molecule has 3 nitrogen and oxygen atoms in total. The van der Waals surface area contributed by atoms with Crippen molar-refractivity contribution in [3.8, 4) is 0 Å². The molecule has 0 unspecified atom stereocenters. The minimum Gasteiger partial charge on any atom is -0.303 e. The van der Waals surface area contributed by atoms with E-state index in [1.165, 1.54) is 11.1 Å². The van der Waals surface area contributed by atoms with E-state index in [9.17, 15) is 4.79 Å². The summed E-state index contributed by atoms with van der Waals surface area (Å²) >= 11 is 0. The third-order valence-electron chi connectivity index (χ3n) is 3.07. The van der Waals surface area contributed by atoms with Crippen LogP contribution in [0.4, 0.5) is 0 Å². The summed E-state index contributed by atoms with van der Waals surface area (Å²) < 4.78 is 0. The molecule has 0 radical (unpaired) electrons. The Morgan fingerprint density at radius 3 is 1.81 bits per heavy atom. The van der Waals surface area contributed by atoms with Crippen molar-refractivity contribution in [2.24, 2.45) is 5.10 Å². The quantitative estimate of drug-likeness (QED) is 0.320. The Balaban J connectivity index is 2.02. The molecule has 0 N–H and O–H groups in total. The molecule has 0 spiro atoms. The van der Waals surface area contributed by atoms with E-state index in [0.717, 1.165) is 19.4 Å². The second kappa shape index (κ2) is 8.69. The lowest BCUT2D eigenvalue weighted by atomic mass is 10.2. The number of unbranched alkanes of at least 4 members (excludes halogenated alkanes) is 1. The van der Waals surface area contributed by atoms with Crippen LogP contribution in [0.5, 0.6) is 0 Å². The van der Waals surface area contributed by atoms with Gasteiger partial charge in [0, 0.05) is 12.6 Å². The fourth-order valence-corrected chi connectivity index (χ4v) is 2.04. The van der Waals surface area contributed by atoms with Crippen LogP contribution in [0.25, 0.3) is 0 Å². The Morgan fingerprint density at radius 2 is 1.33 bits per heavy atom. The van der Waals surface area contributed by atoms with Crippen LogP contribution in [0.3, 0.4) is 0 Å². The van der Waals surface area contributed by atoms with E-state index in [-0.39, 0.29) is 0 Å². The first-order valence-electron chi connectivity index (χ1n) is 7.17. The molecule has 2 aromatic carbocycles. The van der Waals surface area contributed by atoms with Crippen molar-refractivity contribution < 1.29 is 4.79 Å². The van der Waals surface area contributed by atoms with Crippen LogP contribution in [0.2, 0.25) is 0 Å². The second-order valence-electron chi connectivity index (χ2n) is 4.84. The first-order chi connectivity index (χ1) is 10.4. The van der Waals surface area contributed by atoms with Gasteiger partial charge in [-0.05, 0) is 17.5 Å². The number of hydrogen-bond acceptors (Lipinski definition) is 3. The number of benzene rings is 2. The zero-order valence-corrected chi connectivity index (χ0v) is 12.1. The van der Waals surface area contributed by atoms with Gasteiger partial charge in [0.1, 0.15) is 6.29 Å². The van der Waals surface area contributed by atoms with Crippen LogP contribution in [-0.2, 0) is 17.9 Å². The summed E-state index contributed by atoms with van der Waals surface area (Å²) in [5.41, 5.74) is 2.45. The summed E-state index contributed by atoms with van der Waals surface area (Å²) in [5, 5.41) is 6.52. The third-order valence-corrected chi connectivity index (χ3v) is 3.07. The molecule has 0 saturated carbocycles. The molecule has 0 aromatic heterocycles. The zero-order valence-electron chi connectivity index (χ0n) is 12.1. The maximum Gasteiger partial charge on any atom is 0.120 e. The van der Waals surface area contributed by atoms with Crippen LogP contribution in [0, 0.1) is 0 Å². The van der Waals surface area contributed by atoms with Gasteiger partial charge in [-0.2, -0.15) is 5.10 Å². The van der Waals surface area contributed by atoms with Gasteiger partial charge in [-0.3, -0.25) is 5.01 Å². The van der Waals surface area contributed by atoms with Gasteiger partial charge in [-0.1, -0.05) is 60.7 Å². The number of hydrogen-bond donors (Lipinski definition) is 0. The molecule has 0 atom stereocenters. The topological polar surface area (TPSA) is 32.7 Å². The average molecular weight is 280 g/mol. The van der Waals surface area contributed by atoms with E-state index in [2.05, 4.69) is 29.4 Å². The average Bonchev–Trinajstić information content (AvgIpc) is 2.53. The Bertz CT molecular complexity index is 510. The second-order valence-corrected chi connectivity index (χ2v) is 4.84. The number of hydrazone groups is 1. The maximum absolute atomic E-state index is 10.4. The van der Waals surface area contributed by atoms with Crippen LogP contribution in [0.15, 0.2) is 65.8 Å². The molecule has 0 aliphatic heterocycles. The predicted octanol–water partition coefficient (Wildman–Crippen LogP) is 3.65. The van der Waals surface area contributed by atoms with E-state index in [1.807, 2.05) is 47.6 Å². The molecule has 0 aliphatic rings. The lowest BCUT2D eigenvalue weighted by Gasteiger charge is -2.19. The Labute approximate surface area is 125 Å². The molecular weight excluding hydrogens is 260 g/mol. The van der Waals surface area contributed by atoms with Crippen molar-refractivity contribution in [2.75, 3.05) is 0 Å². The minimum atomic E-state index is 0.522. The molecule has 2 rings (SSSR count). The van der Waals surface area contributed by atoms with Gasteiger partial charge in [-0.15, -0.1) is 0 Å². The van der Waals surface area contributed by atoms with Gasteiger partial charge in [0.15, 0.2) is 0 Å². The molecule has 3 heteroatoms. The lowest BCUT2D eigenvalue weighted by molar-refractivity contribution is -0.107. The van der Waals surface area contributed by atoms with E-state index < -0.39 is 0 Å². The minimum absolute atomic E-state index is 0.522. The molecule has 0 bridgehead atoms.